The lowest BCUT2D eigenvalue weighted by Crippen LogP contribution is -2.37. The highest BCUT2D eigenvalue weighted by Gasteiger charge is 2.22. The molecule has 0 spiro atoms. The molecule has 2 aromatic carbocycles. The maximum absolute atomic E-state index is 5.92. The van der Waals surface area contributed by atoms with Gasteiger partial charge in [-0.05, 0) is 77.3 Å². The van der Waals surface area contributed by atoms with Gasteiger partial charge in [-0.3, -0.25) is 4.90 Å². The second-order valence-electron chi connectivity index (χ2n) is 6.74. The standard InChI is InChI=1S/C21H26BrClN2O.2ClH/c1-2-25-11-3-4-19(25)14-24-13-17-7-10-21(20(22)12-17)26-15-16-5-8-18(23)9-6-16;;/h5-10,12,19,24H,2-4,11,13-15H2,1H3;2*1H. The number of hydrogen-bond donors (Lipinski definition) is 1. The van der Waals surface area contributed by atoms with E-state index in [1.165, 1.54) is 24.9 Å². The Morgan fingerprint density at radius 3 is 2.54 bits per heavy atom. The zero-order valence-corrected chi connectivity index (χ0v) is 20.0. The molecule has 1 unspecified atom stereocenters. The van der Waals surface area contributed by atoms with Crippen molar-refractivity contribution in [1.29, 1.82) is 0 Å². The summed E-state index contributed by atoms with van der Waals surface area (Å²) in [5.41, 5.74) is 2.36. The van der Waals surface area contributed by atoms with Crippen LogP contribution in [0.2, 0.25) is 5.02 Å². The van der Waals surface area contributed by atoms with Gasteiger partial charge in [0, 0.05) is 24.2 Å². The van der Waals surface area contributed by atoms with E-state index < -0.39 is 0 Å². The quantitative estimate of drug-likeness (QED) is 0.465. The van der Waals surface area contributed by atoms with Gasteiger partial charge in [0.1, 0.15) is 12.4 Å². The highest BCUT2D eigenvalue weighted by Crippen LogP contribution is 2.27. The van der Waals surface area contributed by atoms with E-state index in [-0.39, 0.29) is 24.8 Å². The third-order valence-corrected chi connectivity index (χ3v) is 5.79. The lowest BCUT2D eigenvalue weighted by Gasteiger charge is -2.23. The van der Waals surface area contributed by atoms with E-state index >= 15 is 0 Å². The minimum Gasteiger partial charge on any atom is -0.488 e. The number of ether oxygens (including phenoxy) is 1. The van der Waals surface area contributed by atoms with Gasteiger partial charge >= 0.3 is 0 Å². The molecule has 7 heteroatoms. The summed E-state index contributed by atoms with van der Waals surface area (Å²) in [6, 6.07) is 14.7. The molecule has 0 aliphatic carbocycles. The molecule has 156 valence electrons. The largest absolute Gasteiger partial charge is 0.488 e. The minimum absolute atomic E-state index is 0. The first-order chi connectivity index (χ1) is 12.7. The third-order valence-electron chi connectivity index (χ3n) is 4.92. The summed E-state index contributed by atoms with van der Waals surface area (Å²) < 4.78 is 6.90. The molecule has 2 aromatic rings. The van der Waals surface area contributed by atoms with Gasteiger partial charge in [0.05, 0.1) is 4.47 Å². The summed E-state index contributed by atoms with van der Waals surface area (Å²) in [7, 11) is 0. The fourth-order valence-electron chi connectivity index (χ4n) is 3.44. The van der Waals surface area contributed by atoms with Gasteiger partial charge in [0.25, 0.3) is 0 Å². The van der Waals surface area contributed by atoms with Gasteiger partial charge in [-0.15, -0.1) is 24.8 Å². The van der Waals surface area contributed by atoms with E-state index in [2.05, 4.69) is 45.2 Å². The average Bonchev–Trinajstić information content (AvgIpc) is 3.10. The van der Waals surface area contributed by atoms with Gasteiger partial charge in [-0.1, -0.05) is 36.7 Å². The Morgan fingerprint density at radius 1 is 1.14 bits per heavy atom. The first-order valence-corrected chi connectivity index (χ1v) is 10.4. The highest BCUT2D eigenvalue weighted by atomic mass is 79.9. The maximum atomic E-state index is 5.92. The van der Waals surface area contributed by atoms with Gasteiger partial charge in [-0.25, -0.2) is 0 Å². The summed E-state index contributed by atoms with van der Waals surface area (Å²) >= 11 is 9.54. The molecule has 1 aliphatic rings. The zero-order chi connectivity index (χ0) is 18.4. The molecule has 1 aliphatic heterocycles. The molecule has 1 N–H and O–H groups in total. The van der Waals surface area contributed by atoms with Crippen molar-refractivity contribution in [2.24, 2.45) is 0 Å². The highest BCUT2D eigenvalue weighted by molar-refractivity contribution is 9.10. The molecule has 0 amide bonds. The molecule has 1 heterocycles. The van der Waals surface area contributed by atoms with Gasteiger partial charge in [0.15, 0.2) is 0 Å². The fourth-order valence-corrected chi connectivity index (χ4v) is 4.11. The molecule has 28 heavy (non-hydrogen) atoms. The second kappa shape index (κ2) is 12.9. The van der Waals surface area contributed by atoms with Gasteiger partial charge < -0.3 is 10.1 Å². The molecule has 0 radical (unpaired) electrons. The number of benzene rings is 2. The zero-order valence-electron chi connectivity index (χ0n) is 16.0. The number of hydrogen-bond acceptors (Lipinski definition) is 3. The second-order valence-corrected chi connectivity index (χ2v) is 8.03. The van der Waals surface area contributed by atoms with E-state index in [9.17, 15) is 0 Å². The molecule has 1 atom stereocenters. The maximum Gasteiger partial charge on any atom is 0.134 e. The molecule has 3 nitrogen and oxygen atoms in total. The number of nitrogens with one attached hydrogen (secondary N) is 1. The smallest absolute Gasteiger partial charge is 0.134 e. The topological polar surface area (TPSA) is 24.5 Å². The van der Waals surface area contributed by atoms with Crippen LogP contribution in [0.3, 0.4) is 0 Å². The molecule has 1 fully saturated rings. The van der Waals surface area contributed by atoms with Crippen LogP contribution in [0, 0.1) is 0 Å². The van der Waals surface area contributed by atoms with E-state index in [0.717, 1.165) is 40.4 Å². The minimum atomic E-state index is 0. The lowest BCUT2D eigenvalue weighted by molar-refractivity contribution is 0.260. The number of likely N-dealkylation sites (tertiary alicyclic amines) is 1. The van der Waals surface area contributed by atoms with Crippen molar-refractivity contribution in [2.75, 3.05) is 19.6 Å². The normalized spacial score (nSPS) is 16.3. The summed E-state index contributed by atoms with van der Waals surface area (Å²) in [4.78, 5) is 2.57. The van der Waals surface area contributed by atoms with Crippen LogP contribution in [0.15, 0.2) is 46.9 Å². The van der Waals surface area contributed by atoms with Crippen molar-refractivity contribution in [3.63, 3.8) is 0 Å². The van der Waals surface area contributed by atoms with Gasteiger partial charge in [-0.2, -0.15) is 0 Å². The Kier molecular flexibility index (Phi) is 11.8. The Balaban J connectivity index is 0.00000196. The van der Waals surface area contributed by atoms with Crippen molar-refractivity contribution in [1.82, 2.24) is 10.2 Å². The first kappa shape index (κ1) is 25.5. The predicted molar refractivity (Wildman–Crippen MR) is 126 cm³/mol. The fraction of sp³-hybridized carbons (Fsp3) is 0.429. The number of halogens is 4. The molecule has 0 saturated carbocycles. The summed E-state index contributed by atoms with van der Waals surface area (Å²) in [5.74, 6) is 0.858. The Bertz CT molecular complexity index is 715. The monoisotopic (exact) mass is 508 g/mol. The van der Waals surface area contributed by atoms with Crippen molar-refractivity contribution < 1.29 is 4.74 Å². The van der Waals surface area contributed by atoms with E-state index in [0.29, 0.717) is 12.6 Å². The molecular weight excluding hydrogens is 483 g/mol. The predicted octanol–water partition coefficient (Wildman–Crippen LogP) is 6.10. The molecule has 1 saturated heterocycles. The molecule has 3 rings (SSSR count). The summed E-state index contributed by atoms with van der Waals surface area (Å²) in [6.45, 7) is 7.11. The van der Waals surface area contributed by atoms with Crippen LogP contribution < -0.4 is 10.1 Å². The van der Waals surface area contributed by atoms with Crippen LogP contribution in [0.25, 0.3) is 0 Å². The van der Waals surface area contributed by atoms with Crippen LogP contribution in [-0.4, -0.2) is 30.6 Å². The SMILES string of the molecule is CCN1CCCC1CNCc1ccc(OCc2ccc(Cl)cc2)c(Br)c1.Cl.Cl. The van der Waals surface area contributed by atoms with Crippen molar-refractivity contribution in [3.05, 3.63) is 63.1 Å². The molecular formula is C21H28BrCl3N2O. The Hall–Kier alpha value is -0.490. The van der Waals surface area contributed by atoms with E-state index in [1.807, 2.05) is 30.3 Å². The van der Waals surface area contributed by atoms with Crippen LogP contribution in [-0.2, 0) is 13.2 Å². The van der Waals surface area contributed by atoms with Crippen LogP contribution >= 0.6 is 52.3 Å². The Labute approximate surface area is 194 Å². The number of likely N-dealkylation sites (N-methyl/N-ethyl adjacent to an activating group) is 1. The van der Waals surface area contributed by atoms with Crippen molar-refractivity contribution in [3.8, 4) is 5.75 Å². The van der Waals surface area contributed by atoms with Crippen molar-refractivity contribution in [2.45, 2.75) is 39.0 Å². The summed E-state index contributed by atoms with van der Waals surface area (Å²) in [5, 5.41) is 4.34. The van der Waals surface area contributed by atoms with Crippen LogP contribution in [0.5, 0.6) is 5.75 Å². The Morgan fingerprint density at radius 2 is 1.86 bits per heavy atom. The third kappa shape index (κ3) is 7.40. The van der Waals surface area contributed by atoms with E-state index in [1.54, 1.807) is 0 Å². The summed E-state index contributed by atoms with van der Waals surface area (Å²) in [6.07, 6.45) is 2.63. The first-order valence-electron chi connectivity index (χ1n) is 9.26. The van der Waals surface area contributed by atoms with E-state index in [4.69, 9.17) is 16.3 Å². The number of rotatable bonds is 8. The van der Waals surface area contributed by atoms with Crippen molar-refractivity contribution >= 4 is 52.3 Å². The van der Waals surface area contributed by atoms with Crippen LogP contribution in [0.4, 0.5) is 0 Å². The van der Waals surface area contributed by atoms with Crippen LogP contribution in [0.1, 0.15) is 30.9 Å². The molecule has 0 aromatic heterocycles. The lowest BCUT2D eigenvalue weighted by atomic mass is 10.2. The number of nitrogens with zero attached hydrogens (tertiary/aromatic N) is 1. The molecule has 0 bridgehead atoms. The van der Waals surface area contributed by atoms with Gasteiger partial charge in [0.2, 0.25) is 0 Å². The average molecular weight is 511 g/mol.